The number of sulfonamides is 1. The van der Waals surface area contributed by atoms with E-state index >= 15 is 0 Å². The van der Waals surface area contributed by atoms with Crippen molar-refractivity contribution >= 4 is 43.6 Å². The van der Waals surface area contributed by atoms with Crippen LogP contribution in [0, 0.1) is 10.1 Å². The first kappa shape index (κ1) is 26.6. The van der Waals surface area contributed by atoms with Crippen molar-refractivity contribution in [2.24, 2.45) is 0 Å². The van der Waals surface area contributed by atoms with E-state index in [0.29, 0.717) is 34.4 Å². The summed E-state index contributed by atoms with van der Waals surface area (Å²) in [5.74, 6) is -0.0900. The van der Waals surface area contributed by atoms with Gasteiger partial charge in [-0.25, -0.2) is 8.42 Å². The van der Waals surface area contributed by atoms with Gasteiger partial charge in [0.1, 0.15) is 5.69 Å². The number of aromatic nitrogens is 2. The van der Waals surface area contributed by atoms with Gasteiger partial charge in [0.15, 0.2) is 0 Å². The number of piperazine rings is 1. The van der Waals surface area contributed by atoms with E-state index in [1.165, 1.54) is 21.1 Å². The summed E-state index contributed by atoms with van der Waals surface area (Å²) in [5.41, 5.74) is 0.659. The fourth-order valence-corrected chi connectivity index (χ4v) is 7.59. The van der Waals surface area contributed by atoms with Crippen molar-refractivity contribution in [3.63, 3.8) is 0 Å². The highest BCUT2D eigenvalue weighted by Crippen LogP contribution is 2.31. The molecule has 2 aliphatic rings. The molecule has 3 aromatic rings. The normalized spacial score (nSPS) is 17.1. The Bertz CT molecular complexity index is 1490. The lowest BCUT2D eigenvalue weighted by Crippen LogP contribution is -2.49. The van der Waals surface area contributed by atoms with Crippen molar-refractivity contribution in [3.8, 4) is 11.4 Å². The third-order valence-electron chi connectivity index (χ3n) is 6.68. The Kier molecular flexibility index (Phi) is 7.70. The highest BCUT2D eigenvalue weighted by Gasteiger charge is 2.31. The maximum Gasteiger partial charge on any atom is 0.324 e. The van der Waals surface area contributed by atoms with E-state index in [1.54, 1.807) is 30.5 Å². The molecule has 1 aliphatic carbocycles. The zero-order valence-corrected chi connectivity index (χ0v) is 22.8. The van der Waals surface area contributed by atoms with E-state index in [2.05, 4.69) is 5.10 Å². The van der Waals surface area contributed by atoms with E-state index in [-0.39, 0.29) is 35.7 Å². The molecule has 0 unspecified atom stereocenters. The standard InChI is InChI=1S/C24H26ClN5O6S2/c25-17-4-3-5-18(14-17)29-24(31)23(36-19-6-1-2-7-19)21(15-26-29)27-10-12-28(13-11-27)38(34,35)16-20-8-9-22(37-20)30(32)33/h3-5,8-9,14-15,19H,1-2,6-7,10-13,16H2. The first-order valence-corrected chi connectivity index (χ1v) is 15.0. The molecular formula is C24H26ClN5O6S2. The third-order valence-corrected chi connectivity index (χ3v) is 9.96. The average molecular weight is 580 g/mol. The monoisotopic (exact) mass is 579 g/mol. The predicted molar refractivity (Wildman–Crippen MR) is 145 cm³/mol. The van der Waals surface area contributed by atoms with Crippen molar-refractivity contribution in [2.45, 2.75) is 37.5 Å². The second-order valence-corrected chi connectivity index (χ2v) is 12.8. The van der Waals surface area contributed by atoms with E-state index in [9.17, 15) is 23.3 Å². The van der Waals surface area contributed by atoms with E-state index in [4.69, 9.17) is 16.3 Å². The van der Waals surface area contributed by atoms with Gasteiger partial charge in [0.2, 0.25) is 15.8 Å². The Morgan fingerprint density at radius 1 is 1.13 bits per heavy atom. The van der Waals surface area contributed by atoms with Gasteiger partial charge in [-0.2, -0.15) is 14.1 Å². The number of nitrogens with zero attached hydrogens (tertiary/aromatic N) is 5. The number of hydrogen-bond acceptors (Lipinski definition) is 9. The molecule has 202 valence electrons. The van der Waals surface area contributed by atoms with Crippen LogP contribution in [-0.4, -0.2) is 59.7 Å². The predicted octanol–water partition coefficient (Wildman–Crippen LogP) is 3.83. The minimum absolute atomic E-state index is 0.0619. The first-order valence-electron chi connectivity index (χ1n) is 12.2. The molecule has 1 aromatic carbocycles. The molecule has 0 N–H and O–H groups in total. The summed E-state index contributed by atoms with van der Waals surface area (Å²) in [6.07, 6.45) is 5.33. The number of nitro groups is 1. The molecule has 11 nitrogen and oxygen atoms in total. The third kappa shape index (κ3) is 5.70. The zero-order chi connectivity index (χ0) is 26.9. The van der Waals surface area contributed by atoms with Gasteiger partial charge in [0.25, 0.3) is 0 Å². The molecule has 1 saturated carbocycles. The summed E-state index contributed by atoms with van der Waals surface area (Å²) < 4.78 is 34.9. The SMILES string of the molecule is O=c1c(OC2CCCC2)c(N2CCN(S(=O)(=O)Cc3ccc([N+](=O)[O-])s3)CC2)cnn1-c1cccc(Cl)c1. The number of benzene rings is 1. The Morgan fingerprint density at radius 2 is 1.87 bits per heavy atom. The highest BCUT2D eigenvalue weighted by molar-refractivity contribution is 7.88. The van der Waals surface area contributed by atoms with Crippen molar-refractivity contribution < 1.29 is 18.1 Å². The van der Waals surface area contributed by atoms with Crippen molar-refractivity contribution in [3.05, 3.63) is 73.0 Å². The number of hydrogen-bond donors (Lipinski definition) is 0. The zero-order valence-electron chi connectivity index (χ0n) is 20.4. The topological polar surface area (TPSA) is 128 Å². The van der Waals surface area contributed by atoms with E-state index in [1.807, 2.05) is 4.90 Å². The van der Waals surface area contributed by atoms with Crippen LogP contribution in [0.15, 0.2) is 47.4 Å². The van der Waals surface area contributed by atoms with E-state index in [0.717, 1.165) is 37.0 Å². The minimum atomic E-state index is -3.67. The fourth-order valence-electron chi connectivity index (χ4n) is 4.75. The van der Waals surface area contributed by atoms with Gasteiger partial charge >= 0.3 is 10.6 Å². The van der Waals surface area contributed by atoms with Crippen LogP contribution in [0.3, 0.4) is 0 Å². The second kappa shape index (κ2) is 11.0. The van der Waals surface area contributed by atoms with Crippen LogP contribution < -0.4 is 15.2 Å². The molecule has 0 bridgehead atoms. The first-order chi connectivity index (χ1) is 18.2. The molecule has 0 radical (unpaired) electrons. The minimum Gasteiger partial charge on any atom is -0.483 e. The molecule has 38 heavy (non-hydrogen) atoms. The molecule has 0 spiro atoms. The van der Waals surface area contributed by atoms with Crippen LogP contribution >= 0.6 is 22.9 Å². The molecule has 0 amide bonds. The molecular weight excluding hydrogens is 554 g/mol. The van der Waals surface area contributed by atoms with Gasteiger partial charge in [-0.15, -0.1) is 0 Å². The van der Waals surface area contributed by atoms with E-state index < -0.39 is 20.5 Å². The van der Waals surface area contributed by atoms with Gasteiger partial charge in [-0.1, -0.05) is 29.0 Å². The summed E-state index contributed by atoms with van der Waals surface area (Å²) in [5, 5.41) is 15.7. The van der Waals surface area contributed by atoms with Crippen LogP contribution in [0.4, 0.5) is 10.7 Å². The fraction of sp³-hybridized carbons (Fsp3) is 0.417. The molecule has 3 heterocycles. The lowest BCUT2D eigenvalue weighted by Gasteiger charge is -2.36. The lowest BCUT2D eigenvalue weighted by atomic mass is 10.2. The molecule has 5 rings (SSSR count). The smallest absolute Gasteiger partial charge is 0.324 e. The van der Waals surface area contributed by atoms with Crippen molar-refractivity contribution in [1.82, 2.24) is 14.1 Å². The Hall–Kier alpha value is -3.00. The van der Waals surface area contributed by atoms with Crippen molar-refractivity contribution in [2.75, 3.05) is 31.1 Å². The number of ether oxygens (including phenoxy) is 1. The summed E-state index contributed by atoms with van der Waals surface area (Å²) >= 11 is 6.99. The molecule has 14 heteroatoms. The number of halogens is 1. The van der Waals surface area contributed by atoms with Crippen LogP contribution in [-0.2, 0) is 15.8 Å². The molecule has 2 fully saturated rings. The van der Waals surface area contributed by atoms with Crippen LogP contribution in [0.25, 0.3) is 5.69 Å². The summed E-state index contributed by atoms with van der Waals surface area (Å²) in [6, 6.07) is 9.65. The summed E-state index contributed by atoms with van der Waals surface area (Å²) in [4.78, 5) is 26.3. The van der Waals surface area contributed by atoms with Gasteiger partial charge in [-0.3, -0.25) is 14.9 Å². The summed E-state index contributed by atoms with van der Waals surface area (Å²) in [6.45, 7) is 1.09. The van der Waals surface area contributed by atoms with Gasteiger partial charge in [0.05, 0.1) is 28.7 Å². The molecule has 2 aromatic heterocycles. The quantitative estimate of drug-likeness (QED) is 0.291. The Balaban J connectivity index is 1.36. The number of rotatable bonds is 8. The Labute approximate surface area is 228 Å². The van der Waals surface area contributed by atoms with Gasteiger partial charge in [-0.05, 0) is 49.9 Å². The van der Waals surface area contributed by atoms with Crippen LogP contribution in [0.2, 0.25) is 5.02 Å². The maximum atomic E-state index is 13.6. The maximum absolute atomic E-state index is 13.6. The average Bonchev–Trinajstić information content (AvgIpc) is 3.57. The van der Waals surface area contributed by atoms with Gasteiger partial charge < -0.3 is 9.64 Å². The van der Waals surface area contributed by atoms with Gasteiger partial charge in [0, 0.05) is 42.1 Å². The molecule has 0 atom stereocenters. The number of anilines is 1. The molecule has 1 aliphatic heterocycles. The lowest BCUT2D eigenvalue weighted by molar-refractivity contribution is -0.380. The van der Waals surface area contributed by atoms with Crippen LogP contribution in [0.5, 0.6) is 5.75 Å². The van der Waals surface area contributed by atoms with Crippen LogP contribution in [0.1, 0.15) is 30.6 Å². The second-order valence-electron chi connectivity index (χ2n) is 9.22. The largest absolute Gasteiger partial charge is 0.483 e. The number of thiophene rings is 1. The Morgan fingerprint density at radius 3 is 2.53 bits per heavy atom. The molecule has 1 saturated heterocycles. The van der Waals surface area contributed by atoms with Crippen molar-refractivity contribution in [1.29, 1.82) is 0 Å². The summed E-state index contributed by atoms with van der Waals surface area (Å²) in [7, 11) is -3.67. The highest BCUT2D eigenvalue weighted by atomic mass is 35.5.